The van der Waals surface area contributed by atoms with Gasteiger partial charge in [-0.05, 0) is 41.8 Å². The monoisotopic (exact) mass is 459 g/mol. The molecule has 0 spiro atoms. The number of pyridine rings is 1. The summed E-state index contributed by atoms with van der Waals surface area (Å²) in [6.07, 6.45) is 2.15. The van der Waals surface area contributed by atoms with Crippen molar-refractivity contribution in [1.82, 2.24) is 0 Å². The van der Waals surface area contributed by atoms with E-state index < -0.39 is 0 Å². The highest BCUT2D eigenvalue weighted by Gasteiger charge is 2.22. The molecule has 0 aliphatic carbocycles. The zero-order valence-corrected chi connectivity index (χ0v) is 20.2. The van der Waals surface area contributed by atoms with Crippen LogP contribution < -0.4 is 31.2 Å². The fourth-order valence-electron chi connectivity index (χ4n) is 4.78. The third kappa shape index (κ3) is 3.51. The van der Waals surface area contributed by atoms with Gasteiger partial charge >= 0.3 is 0 Å². The van der Waals surface area contributed by atoms with Crippen molar-refractivity contribution in [3.05, 3.63) is 72.4 Å². The first-order valence-corrected chi connectivity index (χ1v) is 10.6. The van der Waals surface area contributed by atoms with Crippen LogP contribution in [-0.4, -0.2) is 21.3 Å². The number of aryl methyl sites for hydroxylation is 2. The first kappa shape index (κ1) is 22.7. The van der Waals surface area contributed by atoms with Crippen LogP contribution in [0.2, 0.25) is 0 Å². The molecule has 0 atom stereocenters. The van der Waals surface area contributed by atoms with E-state index in [1.165, 1.54) is 5.39 Å². The molecule has 0 saturated carbocycles. The van der Waals surface area contributed by atoms with Crippen LogP contribution in [0.15, 0.2) is 66.9 Å². The highest BCUT2D eigenvalue weighted by Crippen LogP contribution is 2.42. The average Bonchev–Trinajstić information content (AvgIpc) is 2.82. The summed E-state index contributed by atoms with van der Waals surface area (Å²) in [7, 11) is 7.17. The largest absolute Gasteiger partial charge is 1.00 e. The maximum absolute atomic E-state index is 5.78. The minimum Gasteiger partial charge on any atom is -1.00 e. The van der Waals surface area contributed by atoms with E-state index in [2.05, 4.69) is 79.3 Å². The van der Waals surface area contributed by atoms with Gasteiger partial charge in [0.25, 0.3) is 0 Å². The average molecular weight is 460 g/mol. The van der Waals surface area contributed by atoms with E-state index in [-0.39, 0.29) is 12.4 Å². The third-order valence-electron chi connectivity index (χ3n) is 6.26. The van der Waals surface area contributed by atoms with Crippen LogP contribution >= 0.6 is 0 Å². The van der Waals surface area contributed by atoms with Gasteiger partial charge in [-0.3, -0.25) is 0 Å². The summed E-state index contributed by atoms with van der Waals surface area (Å²) in [6, 6.07) is 21.2. The Morgan fingerprint density at radius 1 is 0.667 bits per heavy atom. The second-order valence-electron chi connectivity index (χ2n) is 8.06. The fourth-order valence-corrected chi connectivity index (χ4v) is 4.78. The normalized spacial score (nSPS) is 10.9. The molecule has 5 aromatic rings. The van der Waals surface area contributed by atoms with Gasteiger partial charge in [0, 0.05) is 10.8 Å². The summed E-state index contributed by atoms with van der Waals surface area (Å²) in [4.78, 5) is 0. The van der Waals surface area contributed by atoms with Crippen LogP contribution in [0.1, 0.15) is 5.56 Å². The number of aromatic nitrogens is 1. The minimum absolute atomic E-state index is 0. The lowest BCUT2D eigenvalue weighted by Gasteiger charge is -2.15. The van der Waals surface area contributed by atoms with E-state index in [9.17, 15) is 0 Å². The second kappa shape index (κ2) is 8.80. The lowest BCUT2D eigenvalue weighted by molar-refractivity contribution is -0.642. The molecule has 1 heterocycles. The Balaban J connectivity index is 0.00000259. The molecule has 0 bridgehead atoms. The van der Waals surface area contributed by atoms with Crippen LogP contribution in [0.4, 0.5) is 0 Å². The lowest BCUT2D eigenvalue weighted by Crippen LogP contribution is -3.00. The first-order chi connectivity index (χ1) is 15.6. The summed E-state index contributed by atoms with van der Waals surface area (Å²) >= 11 is 0. The van der Waals surface area contributed by atoms with Crippen LogP contribution in [0.5, 0.6) is 17.2 Å². The number of benzene rings is 4. The molecule has 4 nitrogen and oxygen atoms in total. The van der Waals surface area contributed by atoms with Gasteiger partial charge in [-0.15, -0.1) is 0 Å². The maximum Gasteiger partial charge on any atom is 0.220 e. The van der Waals surface area contributed by atoms with Crippen molar-refractivity contribution in [2.75, 3.05) is 21.3 Å². The van der Waals surface area contributed by atoms with Crippen molar-refractivity contribution in [3.63, 3.8) is 0 Å². The van der Waals surface area contributed by atoms with Crippen LogP contribution in [-0.2, 0) is 7.05 Å². The molecule has 0 radical (unpaired) electrons. The van der Waals surface area contributed by atoms with Gasteiger partial charge in [0.1, 0.15) is 12.8 Å². The molecule has 0 amide bonds. The molecule has 168 valence electrons. The topological polar surface area (TPSA) is 31.6 Å². The molecular formula is C28H26ClNO3. The summed E-state index contributed by atoms with van der Waals surface area (Å²) in [5, 5.41) is 5.66. The number of methoxy groups -OCH3 is 3. The molecule has 5 rings (SSSR count). The molecule has 5 heteroatoms. The number of nitrogens with zero attached hydrogens (tertiary/aromatic N) is 1. The van der Waals surface area contributed by atoms with Crippen molar-refractivity contribution in [2.45, 2.75) is 6.92 Å². The SMILES string of the molecule is COc1cc2c(-c3ccccc3)cc3c4ccc(C)c(OC)c4c[n+](C)c3c2cc1OC.[Cl-]. The van der Waals surface area contributed by atoms with Gasteiger partial charge in [-0.25, -0.2) is 0 Å². The smallest absolute Gasteiger partial charge is 0.220 e. The minimum atomic E-state index is 0. The van der Waals surface area contributed by atoms with Crippen LogP contribution in [0.25, 0.3) is 43.6 Å². The highest BCUT2D eigenvalue weighted by molar-refractivity contribution is 6.19. The lowest BCUT2D eigenvalue weighted by atomic mass is 9.92. The number of ether oxygens (including phenoxy) is 3. The van der Waals surface area contributed by atoms with Gasteiger partial charge in [0.2, 0.25) is 5.52 Å². The number of rotatable bonds is 4. The van der Waals surface area contributed by atoms with Crippen molar-refractivity contribution in [3.8, 4) is 28.4 Å². The molecule has 4 aromatic carbocycles. The summed E-state index contributed by atoms with van der Waals surface area (Å²) in [5.74, 6) is 2.35. The Morgan fingerprint density at radius 2 is 1.30 bits per heavy atom. The standard InChI is InChI=1S/C28H26NO3.ClH/c1-17-11-12-19-22-13-20(18-9-7-6-8-10-18)21-14-25(30-3)26(31-4)15-23(21)27(22)29(2)16-24(19)28(17)32-5;/h6-16H,1-5H3;1H/q+1;/p-1. The zero-order chi connectivity index (χ0) is 22.4. The molecule has 33 heavy (non-hydrogen) atoms. The fraction of sp³-hybridized carbons (Fsp3) is 0.179. The van der Waals surface area contributed by atoms with E-state index in [4.69, 9.17) is 14.2 Å². The van der Waals surface area contributed by atoms with Crippen molar-refractivity contribution < 1.29 is 31.2 Å². The molecule has 0 unspecified atom stereocenters. The number of hydrogen-bond donors (Lipinski definition) is 0. The van der Waals surface area contributed by atoms with E-state index in [0.29, 0.717) is 5.75 Å². The molecule has 0 aliphatic rings. The Bertz CT molecular complexity index is 1500. The Labute approximate surface area is 199 Å². The molecule has 0 fully saturated rings. The highest BCUT2D eigenvalue weighted by atomic mass is 35.5. The number of halogens is 1. The summed E-state index contributed by atoms with van der Waals surface area (Å²) < 4.78 is 19.3. The summed E-state index contributed by atoms with van der Waals surface area (Å²) in [6.45, 7) is 2.08. The third-order valence-corrected chi connectivity index (χ3v) is 6.26. The van der Waals surface area contributed by atoms with E-state index in [1.807, 2.05) is 6.07 Å². The molecule has 0 N–H and O–H groups in total. The van der Waals surface area contributed by atoms with Crippen molar-refractivity contribution in [1.29, 1.82) is 0 Å². The van der Waals surface area contributed by atoms with Gasteiger partial charge in [0.05, 0.1) is 37.5 Å². The first-order valence-electron chi connectivity index (χ1n) is 10.6. The van der Waals surface area contributed by atoms with E-state index >= 15 is 0 Å². The Hall–Kier alpha value is -3.50. The number of fused-ring (bicyclic) bond motifs is 5. The number of hydrogen-bond acceptors (Lipinski definition) is 3. The Kier molecular flexibility index (Phi) is 6.05. The van der Waals surface area contributed by atoms with Gasteiger partial charge < -0.3 is 26.6 Å². The van der Waals surface area contributed by atoms with Crippen LogP contribution in [0.3, 0.4) is 0 Å². The van der Waals surface area contributed by atoms with E-state index in [0.717, 1.165) is 55.3 Å². The Morgan fingerprint density at radius 3 is 1.94 bits per heavy atom. The van der Waals surface area contributed by atoms with Crippen molar-refractivity contribution >= 4 is 32.4 Å². The second-order valence-corrected chi connectivity index (χ2v) is 8.06. The van der Waals surface area contributed by atoms with Crippen LogP contribution in [0, 0.1) is 6.92 Å². The van der Waals surface area contributed by atoms with Gasteiger partial charge in [0.15, 0.2) is 17.7 Å². The summed E-state index contributed by atoms with van der Waals surface area (Å²) in [5.41, 5.74) is 4.57. The van der Waals surface area contributed by atoms with Gasteiger partial charge in [-0.2, -0.15) is 4.57 Å². The molecule has 0 aliphatic heterocycles. The van der Waals surface area contributed by atoms with E-state index in [1.54, 1.807) is 21.3 Å². The van der Waals surface area contributed by atoms with Crippen molar-refractivity contribution in [2.24, 2.45) is 7.05 Å². The van der Waals surface area contributed by atoms with Gasteiger partial charge in [-0.1, -0.05) is 42.5 Å². The predicted molar refractivity (Wildman–Crippen MR) is 130 cm³/mol. The predicted octanol–water partition coefficient (Wildman–Crippen LogP) is 2.98. The maximum atomic E-state index is 5.78. The molecule has 0 saturated heterocycles. The quantitative estimate of drug-likeness (QED) is 0.306. The molecule has 1 aromatic heterocycles. The molecular weight excluding hydrogens is 434 g/mol. The zero-order valence-electron chi connectivity index (χ0n) is 19.4.